The van der Waals surface area contributed by atoms with Crippen LogP contribution in [-0.2, 0) is 4.79 Å². The van der Waals surface area contributed by atoms with Crippen LogP contribution in [0.5, 0.6) is 5.75 Å². The largest absolute Gasteiger partial charge is 0.494 e. The van der Waals surface area contributed by atoms with Gasteiger partial charge in [0.15, 0.2) is 0 Å². The lowest BCUT2D eigenvalue weighted by Gasteiger charge is -1.99. The molecule has 1 atom stereocenters. The van der Waals surface area contributed by atoms with E-state index in [2.05, 4.69) is 0 Å². The summed E-state index contributed by atoms with van der Waals surface area (Å²) in [6.45, 7) is 4.14. The molecule has 0 aliphatic rings. The lowest BCUT2D eigenvalue weighted by atomic mass is 10.3. The highest BCUT2D eigenvalue weighted by atomic mass is 16.5. The molecule has 4 nitrogen and oxygen atoms in total. The zero-order valence-electron chi connectivity index (χ0n) is 9.01. The van der Waals surface area contributed by atoms with Crippen molar-refractivity contribution < 1.29 is 14.6 Å². The predicted octanol–water partition coefficient (Wildman–Crippen LogP) is 1.50. The lowest BCUT2D eigenvalue weighted by Crippen LogP contribution is -2.25. The van der Waals surface area contributed by atoms with E-state index >= 15 is 0 Å². The first-order valence-electron chi connectivity index (χ1n) is 4.74. The first kappa shape index (κ1) is 13.4. The Morgan fingerprint density at radius 3 is 2.27 bits per heavy atom. The summed E-state index contributed by atoms with van der Waals surface area (Å²) in [5, 5.41) is 7.87. The highest BCUT2D eigenvalue weighted by Gasteiger charge is 1.99. The van der Waals surface area contributed by atoms with Crippen molar-refractivity contribution in [3.05, 3.63) is 30.3 Å². The highest BCUT2D eigenvalue weighted by Crippen LogP contribution is 2.06. The van der Waals surface area contributed by atoms with Crippen LogP contribution in [0.25, 0.3) is 0 Å². The van der Waals surface area contributed by atoms with E-state index in [1.165, 1.54) is 6.92 Å². The van der Waals surface area contributed by atoms with Gasteiger partial charge in [-0.1, -0.05) is 18.2 Å². The molecule has 4 heteroatoms. The molecule has 0 saturated carbocycles. The van der Waals surface area contributed by atoms with Crippen molar-refractivity contribution in [3.63, 3.8) is 0 Å². The normalized spacial score (nSPS) is 10.9. The topological polar surface area (TPSA) is 72.6 Å². The third-order valence-electron chi connectivity index (χ3n) is 1.44. The molecule has 1 unspecified atom stereocenters. The van der Waals surface area contributed by atoms with Crippen LogP contribution in [0.15, 0.2) is 30.3 Å². The third kappa shape index (κ3) is 7.52. The fourth-order valence-corrected chi connectivity index (χ4v) is 0.683. The number of ether oxygens (including phenoxy) is 1. The smallest absolute Gasteiger partial charge is 0.320 e. The van der Waals surface area contributed by atoms with Crippen LogP contribution >= 0.6 is 0 Å². The Labute approximate surface area is 89.7 Å². The second-order valence-electron chi connectivity index (χ2n) is 2.87. The Kier molecular flexibility index (Phi) is 7.01. The van der Waals surface area contributed by atoms with Crippen molar-refractivity contribution in [2.45, 2.75) is 19.9 Å². The van der Waals surface area contributed by atoms with Crippen LogP contribution in [-0.4, -0.2) is 23.7 Å². The minimum Gasteiger partial charge on any atom is -0.494 e. The molecule has 0 heterocycles. The number of para-hydroxylation sites is 1. The molecule has 84 valence electrons. The van der Waals surface area contributed by atoms with E-state index in [1.807, 2.05) is 37.3 Å². The predicted molar refractivity (Wildman–Crippen MR) is 58.9 cm³/mol. The number of nitrogens with two attached hydrogens (primary N) is 1. The summed E-state index contributed by atoms with van der Waals surface area (Å²) in [5.41, 5.74) is 4.84. The lowest BCUT2D eigenvalue weighted by molar-refractivity contribution is -0.138. The molecule has 1 aromatic carbocycles. The van der Waals surface area contributed by atoms with Gasteiger partial charge in [0.2, 0.25) is 0 Å². The number of carbonyl (C=O) groups is 1. The van der Waals surface area contributed by atoms with Gasteiger partial charge >= 0.3 is 5.97 Å². The fraction of sp³-hybridized carbons (Fsp3) is 0.364. The number of carboxylic acids is 1. The van der Waals surface area contributed by atoms with Crippen molar-refractivity contribution in [2.24, 2.45) is 5.73 Å². The second-order valence-corrected chi connectivity index (χ2v) is 2.87. The van der Waals surface area contributed by atoms with Crippen LogP contribution < -0.4 is 10.5 Å². The van der Waals surface area contributed by atoms with E-state index in [4.69, 9.17) is 15.6 Å². The average Bonchev–Trinajstić information content (AvgIpc) is 2.20. The maximum Gasteiger partial charge on any atom is 0.320 e. The molecule has 0 aromatic heterocycles. The Morgan fingerprint density at radius 2 is 1.93 bits per heavy atom. The SMILES string of the molecule is CC(N)C(=O)O.CCOc1ccccc1. The average molecular weight is 211 g/mol. The van der Waals surface area contributed by atoms with E-state index in [1.54, 1.807) is 0 Å². The molecule has 15 heavy (non-hydrogen) atoms. The maximum absolute atomic E-state index is 9.57. The Hall–Kier alpha value is -1.55. The second kappa shape index (κ2) is 7.82. The zero-order valence-corrected chi connectivity index (χ0v) is 9.01. The fourth-order valence-electron chi connectivity index (χ4n) is 0.683. The molecule has 0 radical (unpaired) electrons. The summed E-state index contributed by atoms with van der Waals surface area (Å²) < 4.78 is 5.21. The molecule has 0 aliphatic carbocycles. The highest BCUT2D eigenvalue weighted by molar-refractivity contribution is 5.72. The maximum atomic E-state index is 9.57. The van der Waals surface area contributed by atoms with Crippen molar-refractivity contribution in [1.29, 1.82) is 0 Å². The molecule has 3 N–H and O–H groups in total. The summed E-state index contributed by atoms with van der Waals surface area (Å²) in [7, 11) is 0. The number of aliphatic carboxylic acids is 1. The molecule has 0 spiro atoms. The van der Waals surface area contributed by atoms with Gasteiger partial charge in [0.05, 0.1) is 6.61 Å². The van der Waals surface area contributed by atoms with Gasteiger partial charge in [0, 0.05) is 0 Å². The number of hydrogen-bond donors (Lipinski definition) is 2. The molecule has 0 fully saturated rings. The molecular formula is C11H17NO3. The summed E-state index contributed by atoms with van der Waals surface area (Å²) >= 11 is 0. The first-order chi connectivity index (χ1) is 7.07. The molecular weight excluding hydrogens is 194 g/mol. The van der Waals surface area contributed by atoms with Crippen LogP contribution in [0, 0.1) is 0 Å². The van der Waals surface area contributed by atoms with Crippen LogP contribution in [0.4, 0.5) is 0 Å². The van der Waals surface area contributed by atoms with Crippen molar-refractivity contribution in [2.75, 3.05) is 6.61 Å². The van der Waals surface area contributed by atoms with Crippen LogP contribution in [0.1, 0.15) is 13.8 Å². The summed E-state index contributed by atoms with van der Waals surface area (Å²) in [4.78, 5) is 9.57. The monoisotopic (exact) mass is 211 g/mol. The van der Waals surface area contributed by atoms with E-state index < -0.39 is 12.0 Å². The number of hydrogen-bond acceptors (Lipinski definition) is 3. The molecule has 0 saturated heterocycles. The van der Waals surface area contributed by atoms with E-state index in [9.17, 15) is 4.79 Å². The van der Waals surface area contributed by atoms with Gasteiger partial charge in [-0.15, -0.1) is 0 Å². The van der Waals surface area contributed by atoms with Gasteiger partial charge in [-0.3, -0.25) is 4.79 Å². The van der Waals surface area contributed by atoms with Crippen LogP contribution in [0.3, 0.4) is 0 Å². The summed E-state index contributed by atoms with van der Waals surface area (Å²) in [5.74, 6) is -0.0185. The zero-order chi connectivity index (χ0) is 11.7. The van der Waals surface area contributed by atoms with Gasteiger partial charge in [0.25, 0.3) is 0 Å². The molecule has 0 bridgehead atoms. The molecule has 1 rings (SSSR count). The van der Waals surface area contributed by atoms with Crippen molar-refractivity contribution in [3.8, 4) is 5.75 Å². The van der Waals surface area contributed by atoms with Gasteiger partial charge in [-0.2, -0.15) is 0 Å². The van der Waals surface area contributed by atoms with Gasteiger partial charge < -0.3 is 15.6 Å². The quantitative estimate of drug-likeness (QED) is 0.794. The molecule has 0 amide bonds. The minimum absolute atomic E-state index is 0.731. The molecule has 1 aromatic rings. The molecule has 0 aliphatic heterocycles. The Balaban J connectivity index is 0.000000288. The van der Waals surface area contributed by atoms with Crippen LogP contribution in [0.2, 0.25) is 0 Å². The van der Waals surface area contributed by atoms with Gasteiger partial charge in [0.1, 0.15) is 11.8 Å². The Morgan fingerprint density at radius 1 is 1.47 bits per heavy atom. The van der Waals surface area contributed by atoms with Gasteiger partial charge in [-0.05, 0) is 26.0 Å². The van der Waals surface area contributed by atoms with E-state index in [0.717, 1.165) is 12.4 Å². The summed E-state index contributed by atoms with van der Waals surface area (Å²) in [6, 6.07) is 9.07. The number of benzene rings is 1. The van der Waals surface area contributed by atoms with E-state index in [-0.39, 0.29) is 0 Å². The number of carboxylic acid groups (broad SMARTS) is 1. The Bertz CT molecular complexity index is 272. The first-order valence-corrected chi connectivity index (χ1v) is 4.74. The summed E-state index contributed by atoms with van der Waals surface area (Å²) in [6.07, 6.45) is 0. The van der Waals surface area contributed by atoms with E-state index in [0.29, 0.717) is 0 Å². The minimum atomic E-state index is -0.963. The van der Waals surface area contributed by atoms with Crippen molar-refractivity contribution in [1.82, 2.24) is 0 Å². The number of rotatable bonds is 3. The van der Waals surface area contributed by atoms with Gasteiger partial charge in [-0.25, -0.2) is 0 Å². The van der Waals surface area contributed by atoms with Crippen molar-refractivity contribution >= 4 is 5.97 Å². The third-order valence-corrected chi connectivity index (χ3v) is 1.44. The standard InChI is InChI=1S/C8H10O.C3H7NO2/c1-2-9-8-6-4-3-5-7-8;1-2(4)3(5)6/h3-7H,2H2,1H3;2H,4H2,1H3,(H,5,6).